The molecule has 0 aliphatic heterocycles. The molecule has 0 aliphatic rings. The lowest BCUT2D eigenvalue weighted by Crippen LogP contribution is -2.53. The first-order valence-corrected chi connectivity index (χ1v) is 6.64. The highest BCUT2D eigenvalue weighted by molar-refractivity contribution is 5.91. The summed E-state index contributed by atoms with van der Waals surface area (Å²) in [5, 5.41) is 5.15. The standard InChI is InChI=1S/C14H25N3O3/c1-8(2)6-11(13(15)19)17-14(20)12(7-9(3)4)16-10(5)18/h9,11-12H,1,6-7H2,2-5H3,(H2,15,19)(H,16,18)(H,17,20)/t11-,12-/m0/s1. The van der Waals surface area contributed by atoms with Gasteiger partial charge in [-0.3, -0.25) is 14.4 Å². The first-order chi connectivity index (χ1) is 9.13. The molecule has 2 atom stereocenters. The molecule has 0 aromatic carbocycles. The summed E-state index contributed by atoms with van der Waals surface area (Å²) in [4.78, 5) is 34.6. The summed E-state index contributed by atoms with van der Waals surface area (Å²) in [5.74, 6) is -1.08. The van der Waals surface area contributed by atoms with Gasteiger partial charge in [0.05, 0.1) is 0 Å². The second-order valence-electron chi connectivity index (χ2n) is 5.51. The molecule has 114 valence electrons. The van der Waals surface area contributed by atoms with Gasteiger partial charge in [0.1, 0.15) is 12.1 Å². The molecular weight excluding hydrogens is 258 g/mol. The summed E-state index contributed by atoms with van der Waals surface area (Å²) < 4.78 is 0. The van der Waals surface area contributed by atoms with E-state index in [1.807, 2.05) is 13.8 Å². The van der Waals surface area contributed by atoms with E-state index in [1.54, 1.807) is 6.92 Å². The first-order valence-electron chi connectivity index (χ1n) is 6.64. The average molecular weight is 283 g/mol. The van der Waals surface area contributed by atoms with Gasteiger partial charge in [0.15, 0.2) is 0 Å². The molecule has 0 saturated heterocycles. The molecule has 0 aliphatic carbocycles. The Morgan fingerprint density at radius 1 is 1.10 bits per heavy atom. The van der Waals surface area contributed by atoms with Crippen molar-refractivity contribution in [1.29, 1.82) is 0 Å². The zero-order valence-corrected chi connectivity index (χ0v) is 12.7. The lowest BCUT2D eigenvalue weighted by atomic mass is 10.0. The second-order valence-corrected chi connectivity index (χ2v) is 5.51. The average Bonchev–Trinajstić information content (AvgIpc) is 2.24. The fourth-order valence-electron chi connectivity index (χ4n) is 1.79. The minimum Gasteiger partial charge on any atom is -0.368 e. The van der Waals surface area contributed by atoms with Crippen LogP contribution >= 0.6 is 0 Å². The van der Waals surface area contributed by atoms with Crippen LogP contribution in [-0.4, -0.2) is 29.8 Å². The van der Waals surface area contributed by atoms with Crippen LogP contribution in [0.5, 0.6) is 0 Å². The summed E-state index contributed by atoms with van der Waals surface area (Å²) in [6.45, 7) is 10.7. The second kappa shape index (κ2) is 8.35. The Morgan fingerprint density at radius 3 is 2.00 bits per heavy atom. The third-order valence-electron chi connectivity index (χ3n) is 2.61. The van der Waals surface area contributed by atoms with Gasteiger partial charge >= 0.3 is 0 Å². The SMILES string of the molecule is C=C(C)C[C@H](NC(=O)[C@H](CC(C)C)NC(C)=O)C(N)=O. The van der Waals surface area contributed by atoms with Gasteiger partial charge in [-0.1, -0.05) is 19.4 Å². The van der Waals surface area contributed by atoms with Crippen molar-refractivity contribution in [1.82, 2.24) is 10.6 Å². The Bertz CT molecular complexity index is 391. The predicted molar refractivity (Wildman–Crippen MR) is 77.6 cm³/mol. The molecular formula is C14H25N3O3. The van der Waals surface area contributed by atoms with E-state index < -0.39 is 23.9 Å². The molecule has 6 heteroatoms. The molecule has 0 saturated carbocycles. The number of nitrogens with two attached hydrogens (primary N) is 1. The third kappa shape index (κ3) is 7.56. The van der Waals surface area contributed by atoms with Crippen LogP contribution in [0.1, 0.15) is 40.5 Å². The van der Waals surface area contributed by atoms with Gasteiger partial charge in [-0.15, -0.1) is 6.58 Å². The van der Waals surface area contributed by atoms with Gasteiger partial charge in [-0.05, 0) is 25.7 Å². The Hall–Kier alpha value is -1.85. The number of rotatable bonds is 8. The van der Waals surface area contributed by atoms with Gasteiger partial charge in [-0.2, -0.15) is 0 Å². The molecule has 0 aromatic heterocycles. The van der Waals surface area contributed by atoms with Crippen LogP contribution in [0.15, 0.2) is 12.2 Å². The van der Waals surface area contributed by atoms with E-state index in [0.29, 0.717) is 6.42 Å². The number of amides is 3. The van der Waals surface area contributed by atoms with E-state index >= 15 is 0 Å². The molecule has 0 rings (SSSR count). The monoisotopic (exact) mass is 283 g/mol. The molecule has 0 bridgehead atoms. The van der Waals surface area contributed by atoms with Crippen LogP contribution in [0.3, 0.4) is 0 Å². The highest BCUT2D eigenvalue weighted by Gasteiger charge is 2.25. The van der Waals surface area contributed by atoms with Crippen LogP contribution in [0, 0.1) is 5.92 Å². The third-order valence-corrected chi connectivity index (χ3v) is 2.61. The number of carbonyl (C=O) groups is 3. The Kier molecular flexibility index (Phi) is 7.57. The van der Waals surface area contributed by atoms with Gasteiger partial charge in [-0.25, -0.2) is 0 Å². The number of nitrogens with one attached hydrogen (secondary N) is 2. The normalized spacial score (nSPS) is 13.4. The topological polar surface area (TPSA) is 101 Å². The van der Waals surface area contributed by atoms with E-state index in [-0.39, 0.29) is 18.2 Å². The maximum absolute atomic E-state index is 12.1. The number of hydrogen-bond acceptors (Lipinski definition) is 3. The van der Waals surface area contributed by atoms with Gasteiger partial charge in [0, 0.05) is 6.92 Å². The van der Waals surface area contributed by atoms with Crippen molar-refractivity contribution in [3.63, 3.8) is 0 Å². The quantitative estimate of drug-likeness (QED) is 0.564. The highest BCUT2D eigenvalue weighted by Crippen LogP contribution is 2.07. The molecule has 0 unspecified atom stereocenters. The largest absolute Gasteiger partial charge is 0.368 e. The predicted octanol–water partition coefficient (Wildman–Crippen LogP) is 0.474. The Morgan fingerprint density at radius 2 is 1.65 bits per heavy atom. The highest BCUT2D eigenvalue weighted by atomic mass is 16.2. The van der Waals surface area contributed by atoms with E-state index in [0.717, 1.165) is 5.57 Å². The van der Waals surface area contributed by atoms with Crippen LogP contribution in [0.2, 0.25) is 0 Å². The van der Waals surface area contributed by atoms with Crippen molar-refractivity contribution in [3.05, 3.63) is 12.2 Å². The van der Waals surface area contributed by atoms with Crippen molar-refractivity contribution in [2.75, 3.05) is 0 Å². The van der Waals surface area contributed by atoms with E-state index in [4.69, 9.17) is 5.73 Å². The molecule has 4 N–H and O–H groups in total. The summed E-state index contributed by atoms with van der Waals surface area (Å²) in [6, 6.07) is -1.47. The Labute approximate surface area is 120 Å². The zero-order chi connectivity index (χ0) is 15.9. The fourth-order valence-corrected chi connectivity index (χ4v) is 1.79. The Balaban J connectivity index is 4.81. The molecule has 0 heterocycles. The minimum atomic E-state index is -0.802. The summed E-state index contributed by atoms with van der Waals surface area (Å²) in [5.41, 5.74) is 6.00. The molecule has 20 heavy (non-hydrogen) atoms. The minimum absolute atomic E-state index is 0.228. The van der Waals surface area contributed by atoms with Crippen LogP contribution in [-0.2, 0) is 14.4 Å². The molecule has 0 spiro atoms. The number of primary amides is 1. The summed E-state index contributed by atoms with van der Waals surface area (Å²) in [7, 11) is 0. The van der Waals surface area contributed by atoms with Crippen molar-refractivity contribution >= 4 is 17.7 Å². The van der Waals surface area contributed by atoms with Gasteiger partial charge < -0.3 is 16.4 Å². The molecule has 3 amide bonds. The molecule has 0 radical (unpaired) electrons. The van der Waals surface area contributed by atoms with Gasteiger partial charge in [0.25, 0.3) is 0 Å². The van der Waals surface area contributed by atoms with E-state index in [1.165, 1.54) is 6.92 Å². The van der Waals surface area contributed by atoms with Crippen molar-refractivity contribution in [3.8, 4) is 0 Å². The number of carbonyl (C=O) groups excluding carboxylic acids is 3. The molecule has 0 fully saturated rings. The maximum Gasteiger partial charge on any atom is 0.243 e. The first kappa shape index (κ1) is 18.1. The summed E-state index contributed by atoms with van der Waals surface area (Å²) >= 11 is 0. The van der Waals surface area contributed by atoms with Crippen molar-refractivity contribution in [2.24, 2.45) is 11.7 Å². The smallest absolute Gasteiger partial charge is 0.243 e. The zero-order valence-electron chi connectivity index (χ0n) is 12.7. The van der Waals surface area contributed by atoms with Crippen molar-refractivity contribution in [2.45, 2.75) is 52.6 Å². The summed E-state index contributed by atoms with van der Waals surface area (Å²) in [6.07, 6.45) is 0.777. The number of hydrogen-bond donors (Lipinski definition) is 3. The van der Waals surface area contributed by atoms with Crippen LogP contribution in [0.4, 0.5) is 0 Å². The van der Waals surface area contributed by atoms with Crippen LogP contribution in [0.25, 0.3) is 0 Å². The lowest BCUT2D eigenvalue weighted by molar-refractivity contribution is -0.131. The van der Waals surface area contributed by atoms with Gasteiger partial charge in [0.2, 0.25) is 17.7 Å². The maximum atomic E-state index is 12.1. The molecule has 6 nitrogen and oxygen atoms in total. The lowest BCUT2D eigenvalue weighted by Gasteiger charge is -2.22. The van der Waals surface area contributed by atoms with E-state index in [2.05, 4.69) is 17.2 Å². The molecule has 0 aromatic rings. The van der Waals surface area contributed by atoms with E-state index in [9.17, 15) is 14.4 Å². The van der Waals surface area contributed by atoms with Crippen LogP contribution < -0.4 is 16.4 Å². The fraction of sp³-hybridized carbons (Fsp3) is 0.643. The van der Waals surface area contributed by atoms with Crippen molar-refractivity contribution < 1.29 is 14.4 Å².